The van der Waals surface area contributed by atoms with Gasteiger partial charge in [0, 0.05) is 11.1 Å². The van der Waals surface area contributed by atoms with Crippen LogP contribution in [0.15, 0.2) is 48.5 Å². The molecular weight excluding hydrogens is 340 g/mol. The van der Waals surface area contributed by atoms with Gasteiger partial charge in [0.1, 0.15) is 5.75 Å². The lowest BCUT2D eigenvalue weighted by atomic mass is 10.1. The first-order valence-corrected chi connectivity index (χ1v) is 8.04. The van der Waals surface area contributed by atoms with Crippen molar-refractivity contribution >= 4 is 29.5 Å². The summed E-state index contributed by atoms with van der Waals surface area (Å²) in [7, 11) is 0. The minimum atomic E-state index is -0.466. The SMILES string of the molecule is Cc1ccc(/C=C/C(=O)NNC(=O)COc2ccc(Cl)cc2C)cc1. The molecule has 0 atom stereocenters. The molecule has 2 rings (SSSR count). The van der Waals surface area contributed by atoms with Crippen molar-refractivity contribution in [3.05, 3.63) is 70.3 Å². The quantitative estimate of drug-likeness (QED) is 0.637. The van der Waals surface area contributed by atoms with Crippen LogP contribution in [0.2, 0.25) is 5.02 Å². The van der Waals surface area contributed by atoms with E-state index in [0.717, 1.165) is 16.7 Å². The van der Waals surface area contributed by atoms with Crippen molar-refractivity contribution in [1.29, 1.82) is 0 Å². The van der Waals surface area contributed by atoms with Crippen molar-refractivity contribution < 1.29 is 14.3 Å². The van der Waals surface area contributed by atoms with Gasteiger partial charge in [0.15, 0.2) is 6.61 Å². The topological polar surface area (TPSA) is 67.4 Å². The molecule has 0 saturated heterocycles. The maximum Gasteiger partial charge on any atom is 0.276 e. The second-order valence-electron chi connectivity index (χ2n) is 5.48. The average molecular weight is 359 g/mol. The van der Waals surface area contributed by atoms with Gasteiger partial charge in [-0.1, -0.05) is 41.4 Å². The van der Waals surface area contributed by atoms with Crippen molar-refractivity contribution in [2.75, 3.05) is 6.61 Å². The molecular formula is C19H19ClN2O3. The zero-order chi connectivity index (χ0) is 18.2. The molecule has 0 saturated carbocycles. The van der Waals surface area contributed by atoms with E-state index in [1.165, 1.54) is 6.08 Å². The molecule has 5 nitrogen and oxygen atoms in total. The second kappa shape index (κ2) is 8.89. The van der Waals surface area contributed by atoms with Gasteiger partial charge >= 0.3 is 0 Å². The summed E-state index contributed by atoms with van der Waals surface area (Å²) in [6.45, 7) is 3.60. The van der Waals surface area contributed by atoms with Crippen LogP contribution in [0.3, 0.4) is 0 Å². The Morgan fingerprint density at radius 1 is 1.08 bits per heavy atom. The number of hydrazine groups is 1. The van der Waals surface area contributed by atoms with Gasteiger partial charge in [0.05, 0.1) is 0 Å². The monoisotopic (exact) mass is 358 g/mol. The van der Waals surface area contributed by atoms with Gasteiger partial charge in [-0.05, 0) is 49.2 Å². The van der Waals surface area contributed by atoms with Crippen molar-refractivity contribution in [2.24, 2.45) is 0 Å². The highest BCUT2D eigenvalue weighted by Gasteiger charge is 2.06. The normalized spacial score (nSPS) is 10.5. The van der Waals surface area contributed by atoms with Crippen molar-refractivity contribution in [2.45, 2.75) is 13.8 Å². The first-order chi connectivity index (χ1) is 11.9. The van der Waals surface area contributed by atoms with Crippen LogP contribution >= 0.6 is 11.6 Å². The predicted molar refractivity (Wildman–Crippen MR) is 98.2 cm³/mol. The van der Waals surface area contributed by atoms with Crippen molar-refractivity contribution in [3.63, 3.8) is 0 Å². The molecule has 0 spiro atoms. The molecule has 0 bridgehead atoms. The molecule has 0 aliphatic heterocycles. The zero-order valence-electron chi connectivity index (χ0n) is 14.0. The molecule has 2 aromatic rings. The molecule has 0 heterocycles. The van der Waals surface area contributed by atoms with Crippen LogP contribution in [-0.2, 0) is 9.59 Å². The van der Waals surface area contributed by atoms with Crippen LogP contribution in [0.5, 0.6) is 5.75 Å². The summed E-state index contributed by atoms with van der Waals surface area (Å²) in [5, 5.41) is 0.599. The third kappa shape index (κ3) is 6.31. The molecule has 0 radical (unpaired) electrons. The Balaban J connectivity index is 1.75. The van der Waals surface area contributed by atoms with Gasteiger partial charge in [-0.25, -0.2) is 0 Å². The highest BCUT2D eigenvalue weighted by molar-refractivity contribution is 6.30. The molecule has 0 aliphatic rings. The number of ether oxygens (including phenoxy) is 1. The number of halogens is 1. The van der Waals surface area contributed by atoms with Gasteiger partial charge in [-0.3, -0.25) is 20.4 Å². The smallest absolute Gasteiger partial charge is 0.276 e. The van der Waals surface area contributed by atoms with E-state index >= 15 is 0 Å². The number of hydrogen-bond acceptors (Lipinski definition) is 3. The van der Waals surface area contributed by atoms with Crippen LogP contribution in [-0.4, -0.2) is 18.4 Å². The molecule has 2 aromatic carbocycles. The van der Waals surface area contributed by atoms with Gasteiger partial charge in [-0.2, -0.15) is 0 Å². The zero-order valence-corrected chi connectivity index (χ0v) is 14.8. The molecule has 0 aromatic heterocycles. The molecule has 2 amide bonds. The van der Waals surface area contributed by atoms with Gasteiger partial charge in [-0.15, -0.1) is 0 Å². The van der Waals surface area contributed by atoms with Gasteiger partial charge in [0.25, 0.3) is 11.8 Å². The third-order valence-corrected chi connectivity index (χ3v) is 3.56. The van der Waals surface area contributed by atoms with Crippen molar-refractivity contribution in [3.8, 4) is 5.75 Å². The average Bonchev–Trinajstić information content (AvgIpc) is 2.58. The summed E-state index contributed by atoms with van der Waals surface area (Å²) in [5.74, 6) is -0.340. The summed E-state index contributed by atoms with van der Waals surface area (Å²) in [6, 6.07) is 12.8. The summed E-state index contributed by atoms with van der Waals surface area (Å²) < 4.78 is 5.39. The van der Waals surface area contributed by atoms with E-state index in [1.54, 1.807) is 24.3 Å². The van der Waals surface area contributed by atoms with Crippen LogP contribution in [0.25, 0.3) is 6.08 Å². The third-order valence-electron chi connectivity index (χ3n) is 3.33. The largest absolute Gasteiger partial charge is 0.483 e. The molecule has 0 aliphatic carbocycles. The number of rotatable bonds is 5. The fourth-order valence-corrected chi connectivity index (χ4v) is 2.20. The first kappa shape index (κ1) is 18.5. The maximum atomic E-state index is 11.7. The van der Waals surface area contributed by atoms with E-state index in [4.69, 9.17) is 16.3 Å². The second-order valence-corrected chi connectivity index (χ2v) is 5.92. The Morgan fingerprint density at radius 3 is 2.48 bits per heavy atom. The van der Waals surface area contributed by atoms with E-state index < -0.39 is 11.8 Å². The predicted octanol–water partition coefficient (Wildman–Crippen LogP) is 3.20. The van der Waals surface area contributed by atoms with Gasteiger partial charge in [0.2, 0.25) is 0 Å². The minimum Gasteiger partial charge on any atom is -0.483 e. The Hall–Kier alpha value is -2.79. The van der Waals surface area contributed by atoms with Crippen LogP contribution in [0, 0.1) is 13.8 Å². The van der Waals surface area contributed by atoms with E-state index in [1.807, 2.05) is 38.1 Å². The highest BCUT2D eigenvalue weighted by atomic mass is 35.5. The van der Waals surface area contributed by atoms with E-state index in [2.05, 4.69) is 10.9 Å². The Kier molecular flexibility index (Phi) is 6.60. The fraction of sp³-hybridized carbons (Fsp3) is 0.158. The van der Waals surface area contributed by atoms with Crippen LogP contribution < -0.4 is 15.6 Å². The number of amides is 2. The van der Waals surface area contributed by atoms with Gasteiger partial charge < -0.3 is 4.74 Å². The Bertz CT molecular complexity index is 786. The molecule has 6 heteroatoms. The molecule has 130 valence electrons. The Labute approximate surface area is 151 Å². The lowest BCUT2D eigenvalue weighted by Gasteiger charge is -2.09. The molecule has 2 N–H and O–H groups in total. The summed E-state index contributed by atoms with van der Waals surface area (Å²) in [4.78, 5) is 23.4. The lowest BCUT2D eigenvalue weighted by Crippen LogP contribution is -2.43. The molecule has 0 unspecified atom stereocenters. The number of benzene rings is 2. The Morgan fingerprint density at radius 2 is 1.80 bits per heavy atom. The van der Waals surface area contributed by atoms with E-state index in [-0.39, 0.29) is 6.61 Å². The number of carbonyl (C=O) groups excluding carboxylic acids is 2. The summed E-state index contributed by atoms with van der Waals surface area (Å²) >= 11 is 5.86. The first-order valence-electron chi connectivity index (χ1n) is 7.66. The van der Waals surface area contributed by atoms with Crippen LogP contribution in [0.1, 0.15) is 16.7 Å². The standard InChI is InChI=1S/C19H19ClN2O3/c1-13-3-5-15(6-4-13)7-10-18(23)21-22-19(24)12-25-17-9-8-16(20)11-14(17)2/h3-11H,12H2,1-2H3,(H,21,23)(H,22,24)/b10-7+. The lowest BCUT2D eigenvalue weighted by molar-refractivity contribution is -0.128. The van der Waals surface area contributed by atoms with Crippen LogP contribution in [0.4, 0.5) is 0 Å². The number of carbonyl (C=O) groups is 2. The van der Waals surface area contributed by atoms with E-state index in [0.29, 0.717) is 10.8 Å². The highest BCUT2D eigenvalue weighted by Crippen LogP contribution is 2.21. The minimum absolute atomic E-state index is 0.218. The fourth-order valence-electron chi connectivity index (χ4n) is 1.98. The molecule has 0 fully saturated rings. The maximum absolute atomic E-state index is 11.7. The summed E-state index contributed by atoms with van der Waals surface area (Å²) in [5.41, 5.74) is 7.45. The number of aryl methyl sites for hydroxylation is 2. The van der Waals surface area contributed by atoms with E-state index in [9.17, 15) is 9.59 Å². The van der Waals surface area contributed by atoms with Crippen molar-refractivity contribution in [1.82, 2.24) is 10.9 Å². The molecule has 25 heavy (non-hydrogen) atoms. The number of nitrogens with one attached hydrogen (secondary N) is 2. The summed E-state index contributed by atoms with van der Waals surface area (Å²) in [6.07, 6.45) is 3.00. The number of hydrogen-bond donors (Lipinski definition) is 2.